The molecule has 0 aromatic rings. The summed E-state index contributed by atoms with van der Waals surface area (Å²) in [7, 11) is 2.50. The van der Waals surface area contributed by atoms with E-state index in [-0.39, 0.29) is 12.3 Å². The van der Waals surface area contributed by atoms with Crippen molar-refractivity contribution in [2.45, 2.75) is 46.3 Å². The van der Waals surface area contributed by atoms with Crippen LogP contribution >= 0.6 is 0 Å². The fourth-order valence-corrected chi connectivity index (χ4v) is 2.48. The molecule has 0 heterocycles. The van der Waals surface area contributed by atoms with Gasteiger partial charge in [0.25, 0.3) is 5.91 Å². The number of carbonyl (C=O) groups excluding carboxylic acids is 4. The Morgan fingerprint density at radius 1 is 1.08 bits per heavy atom. The monoisotopic (exact) mass is 375 g/mol. The summed E-state index contributed by atoms with van der Waals surface area (Å²) in [5.41, 5.74) is -0.110. The molecule has 10 nitrogen and oxygen atoms in total. The summed E-state index contributed by atoms with van der Waals surface area (Å²) in [6, 6.07) is -1.30. The van der Waals surface area contributed by atoms with Crippen LogP contribution in [0, 0.1) is 17.3 Å². The summed E-state index contributed by atoms with van der Waals surface area (Å²) in [5, 5.41) is 23.5. The molecule has 0 aromatic carbocycles. The van der Waals surface area contributed by atoms with Crippen LogP contribution in [0.3, 0.4) is 0 Å². The van der Waals surface area contributed by atoms with Crippen molar-refractivity contribution in [3.63, 3.8) is 0 Å². The number of hydrogen-bond acceptors (Lipinski definition) is 7. The minimum absolute atomic E-state index is 0.0704. The number of hydroxylamine groups is 1. The lowest BCUT2D eigenvalue weighted by atomic mass is 9.82. The molecule has 0 aromatic heterocycles. The summed E-state index contributed by atoms with van der Waals surface area (Å²) in [5.74, 6) is -4.62. The van der Waals surface area contributed by atoms with E-state index >= 15 is 0 Å². The summed E-state index contributed by atoms with van der Waals surface area (Å²) in [6.07, 6.45) is -1.71. The highest BCUT2D eigenvalue weighted by atomic mass is 16.5. The molecule has 0 spiro atoms. The summed E-state index contributed by atoms with van der Waals surface area (Å²) in [6.45, 7) is 6.40. The van der Waals surface area contributed by atoms with Crippen LogP contribution in [0.25, 0.3) is 0 Å². The molecule has 0 aliphatic rings. The van der Waals surface area contributed by atoms with Crippen LogP contribution in [0.2, 0.25) is 0 Å². The maximum absolute atomic E-state index is 12.7. The van der Waals surface area contributed by atoms with Gasteiger partial charge in [-0.3, -0.25) is 24.4 Å². The lowest BCUT2D eigenvalue weighted by molar-refractivity contribution is -0.156. The minimum atomic E-state index is -1.83. The van der Waals surface area contributed by atoms with Gasteiger partial charge in [0.05, 0.1) is 18.4 Å². The first-order valence-corrected chi connectivity index (χ1v) is 8.16. The van der Waals surface area contributed by atoms with Crippen molar-refractivity contribution in [1.29, 1.82) is 0 Å². The van der Waals surface area contributed by atoms with Crippen molar-refractivity contribution in [2.75, 3.05) is 14.2 Å². The fourth-order valence-electron chi connectivity index (χ4n) is 2.48. The van der Waals surface area contributed by atoms with Gasteiger partial charge >= 0.3 is 5.97 Å². The second-order valence-corrected chi connectivity index (χ2v) is 6.93. The van der Waals surface area contributed by atoms with Crippen molar-refractivity contribution >= 4 is 23.7 Å². The third-order valence-electron chi connectivity index (χ3n) is 4.05. The third kappa shape index (κ3) is 5.95. The number of carbonyl (C=O) groups is 4. The molecule has 0 radical (unpaired) electrons. The maximum Gasteiger partial charge on any atom is 0.313 e. The standard InChI is InChI=1S/C16H29N3O7/c1-8(2)7-9(10(20)13(22)19-25)12(21)18-11(14(23)17-5)16(3,4)15(24)26-6/h8-11,20,25H,7H2,1-6H3,(H,17,23)(H,18,21)(H,19,22). The van der Waals surface area contributed by atoms with Gasteiger partial charge in [-0.25, -0.2) is 5.48 Å². The molecule has 0 rings (SSSR count). The van der Waals surface area contributed by atoms with Gasteiger partial charge in [0.1, 0.15) is 12.1 Å². The number of aliphatic hydroxyl groups excluding tert-OH is 1. The Morgan fingerprint density at radius 2 is 1.62 bits per heavy atom. The van der Waals surface area contributed by atoms with Crippen molar-refractivity contribution in [2.24, 2.45) is 17.3 Å². The van der Waals surface area contributed by atoms with Crippen LogP contribution in [0.1, 0.15) is 34.1 Å². The van der Waals surface area contributed by atoms with E-state index in [1.165, 1.54) is 26.4 Å². The Bertz CT molecular complexity index is 534. The van der Waals surface area contributed by atoms with Gasteiger partial charge in [0, 0.05) is 7.05 Å². The molecule has 0 aliphatic carbocycles. The average molecular weight is 375 g/mol. The second kappa shape index (κ2) is 10.1. The predicted octanol–water partition coefficient (Wildman–Crippen LogP) is -1.05. The Labute approximate surface area is 152 Å². The highest BCUT2D eigenvalue weighted by Crippen LogP contribution is 2.24. The lowest BCUT2D eigenvalue weighted by Crippen LogP contribution is -2.59. The number of amides is 3. The fraction of sp³-hybridized carbons (Fsp3) is 0.750. The zero-order chi connectivity index (χ0) is 20.7. The predicted molar refractivity (Wildman–Crippen MR) is 90.7 cm³/mol. The van der Waals surface area contributed by atoms with Crippen LogP contribution in [-0.2, 0) is 23.9 Å². The van der Waals surface area contributed by atoms with Gasteiger partial charge in [-0.05, 0) is 26.2 Å². The van der Waals surface area contributed by atoms with Crippen molar-refractivity contribution in [3.8, 4) is 0 Å². The molecule has 26 heavy (non-hydrogen) atoms. The third-order valence-corrected chi connectivity index (χ3v) is 4.05. The molecule has 0 bridgehead atoms. The summed E-state index contributed by atoms with van der Waals surface area (Å²) >= 11 is 0. The number of aliphatic hydroxyl groups is 1. The molecular weight excluding hydrogens is 346 g/mol. The Balaban J connectivity index is 5.69. The Kier molecular flexibility index (Phi) is 9.22. The van der Waals surface area contributed by atoms with E-state index in [2.05, 4.69) is 15.4 Å². The highest BCUT2D eigenvalue weighted by Gasteiger charge is 2.45. The van der Waals surface area contributed by atoms with Gasteiger partial charge in [-0.15, -0.1) is 0 Å². The Morgan fingerprint density at radius 3 is 2.00 bits per heavy atom. The molecule has 150 valence electrons. The minimum Gasteiger partial charge on any atom is -0.469 e. The van der Waals surface area contributed by atoms with Crippen LogP contribution in [0.4, 0.5) is 0 Å². The topological polar surface area (TPSA) is 154 Å². The van der Waals surface area contributed by atoms with Crippen molar-refractivity contribution in [1.82, 2.24) is 16.1 Å². The first kappa shape index (κ1) is 23.8. The van der Waals surface area contributed by atoms with Crippen LogP contribution in [0.5, 0.6) is 0 Å². The number of likely N-dealkylation sites (N-methyl/N-ethyl adjacent to an activating group) is 1. The quantitative estimate of drug-likeness (QED) is 0.196. The molecule has 0 saturated carbocycles. The first-order chi connectivity index (χ1) is 11.9. The van der Waals surface area contributed by atoms with Gasteiger partial charge in [0.2, 0.25) is 11.8 Å². The number of hydrogen-bond donors (Lipinski definition) is 5. The van der Waals surface area contributed by atoms with E-state index in [0.717, 1.165) is 7.11 Å². The van der Waals surface area contributed by atoms with Gasteiger partial charge in [-0.2, -0.15) is 0 Å². The smallest absolute Gasteiger partial charge is 0.313 e. The summed E-state index contributed by atoms with van der Waals surface area (Å²) in [4.78, 5) is 48.4. The molecule has 5 N–H and O–H groups in total. The molecule has 10 heteroatoms. The van der Waals surface area contributed by atoms with Crippen molar-refractivity contribution < 1.29 is 34.2 Å². The molecule has 3 unspecified atom stereocenters. The van der Waals surface area contributed by atoms with Gasteiger partial charge < -0.3 is 20.5 Å². The van der Waals surface area contributed by atoms with E-state index in [1.54, 1.807) is 13.8 Å². The molecule has 3 atom stereocenters. The summed E-state index contributed by atoms with van der Waals surface area (Å²) < 4.78 is 4.68. The van der Waals surface area contributed by atoms with Crippen LogP contribution in [0.15, 0.2) is 0 Å². The Hall–Kier alpha value is -2.20. The van der Waals surface area contributed by atoms with E-state index in [9.17, 15) is 24.3 Å². The molecule has 0 saturated heterocycles. The molecular formula is C16H29N3O7. The largest absolute Gasteiger partial charge is 0.469 e. The molecule has 0 aliphatic heterocycles. The van der Waals surface area contributed by atoms with Crippen molar-refractivity contribution in [3.05, 3.63) is 0 Å². The van der Waals surface area contributed by atoms with E-state index < -0.39 is 47.2 Å². The molecule has 3 amide bonds. The average Bonchev–Trinajstić information content (AvgIpc) is 2.60. The second-order valence-electron chi connectivity index (χ2n) is 6.93. The molecule has 0 fully saturated rings. The van der Waals surface area contributed by atoms with E-state index in [1.807, 2.05) is 0 Å². The first-order valence-electron chi connectivity index (χ1n) is 8.16. The number of esters is 1. The van der Waals surface area contributed by atoms with E-state index in [4.69, 9.17) is 5.21 Å². The zero-order valence-electron chi connectivity index (χ0n) is 16.0. The van der Waals surface area contributed by atoms with Crippen LogP contribution in [-0.4, -0.2) is 60.3 Å². The normalized spacial score (nSPS) is 14.8. The number of rotatable bonds is 9. The number of nitrogens with one attached hydrogen (secondary N) is 3. The number of methoxy groups -OCH3 is 1. The highest BCUT2D eigenvalue weighted by molar-refractivity contribution is 5.95. The number of ether oxygens (including phenoxy) is 1. The lowest BCUT2D eigenvalue weighted by Gasteiger charge is -2.33. The van der Waals surface area contributed by atoms with Crippen LogP contribution < -0.4 is 16.1 Å². The zero-order valence-corrected chi connectivity index (χ0v) is 16.0. The maximum atomic E-state index is 12.7. The SMILES string of the molecule is CNC(=O)C(NC(=O)C(CC(C)C)C(O)C(=O)NO)C(C)(C)C(=O)OC. The van der Waals surface area contributed by atoms with E-state index in [0.29, 0.717) is 0 Å². The van der Waals surface area contributed by atoms with Gasteiger partial charge in [0.15, 0.2) is 0 Å². The van der Waals surface area contributed by atoms with Gasteiger partial charge in [-0.1, -0.05) is 13.8 Å².